The van der Waals surface area contributed by atoms with Crippen molar-refractivity contribution in [3.8, 4) is 0 Å². The average Bonchev–Trinajstić information content (AvgIpc) is 2.71. The van der Waals surface area contributed by atoms with Gasteiger partial charge in [-0.2, -0.15) is 0 Å². The second-order valence-electron chi connectivity index (χ2n) is 3.33. The first kappa shape index (κ1) is 11.4. The Morgan fingerprint density at radius 2 is 2.56 bits per heavy atom. The van der Waals surface area contributed by atoms with Crippen LogP contribution in [0.4, 0.5) is 4.39 Å². The minimum absolute atomic E-state index is 0.0704. The molecule has 0 aromatic carbocycles. The molecule has 0 aliphatic carbocycles. The minimum atomic E-state index is -0.603. The van der Waals surface area contributed by atoms with Crippen molar-refractivity contribution in [3.05, 3.63) is 24.4 Å². The summed E-state index contributed by atoms with van der Waals surface area (Å²) in [4.78, 5) is 5.25. The van der Waals surface area contributed by atoms with Gasteiger partial charge in [-0.3, -0.25) is 0 Å². The van der Waals surface area contributed by atoms with E-state index in [0.29, 0.717) is 11.6 Å². The van der Waals surface area contributed by atoms with Crippen LogP contribution in [0, 0.1) is 0 Å². The van der Waals surface area contributed by atoms with E-state index >= 15 is 0 Å². The lowest BCUT2D eigenvalue weighted by Crippen LogP contribution is -2.35. The number of hydrogen-bond donors (Lipinski definition) is 2. The Hall–Kier alpha value is -1.05. The smallest absolute Gasteiger partial charge is 0.181 e. The van der Waals surface area contributed by atoms with Crippen LogP contribution in [0.25, 0.3) is 0 Å². The fourth-order valence-corrected chi connectivity index (χ4v) is 2.38. The van der Waals surface area contributed by atoms with Gasteiger partial charge in [0.25, 0.3) is 0 Å². The minimum Gasteiger partial charge on any atom is -0.393 e. The molecule has 0 bridgehead atoms. The number of aliphatic hydroxyl groups excluding tert-OH is 1. The molecule has 2 rings (SSSR count). The van der Waals surface area contributed by atoms with Crippen LogP contribution >= 0.6 is 11.8 Å². The van der Waals surface area contributed by atoms with Gasteiger partial charge in [-0.15, -0.1) is 11.8 Å². The van der Waals surface area contributed by atoms with Crippen molar-refractivity contribution in [2.24, 2.45) is 10.7 Å². The van der Waals surface area contributed by atoms with E-state index in [0.717, 1.165) is 0 Å². The standard InChI is InChI=1S/C9H12FN3O2S/c1-5-12-9(11)6(10)2-13(5)7-4-16-8(3-14)15-7/h2,7-8,14H,1,3-4H2,(H2,11,12)/t7-,8+/m0/s1. The number of thioether (sulfide) groups is 1. The molecule has 0 aromatic rings. The number of nitrogens with zero attached hydrogens (tertiary/aromatic N) is 2. The molecule has 0 saturated carbocycles. The predicted molar refractivity (Wildman–Crippen MR) is 60.0 cm³/mol. The number of aliphatic imine (C=N–C) groups is 1. The number of nitrogens with two attached hydrogens (primary N) is 1. The zero-order valence-corrected chi connectivity index (χ0v) is 9.28. The molecule has 5 nitrogen and oxygen atoms in total. The summed E-state index contributed by atoms with van der Waals surface area (Å²) in [6, 6.07) is 0. The molecule has 2 aliphatic rings. The lowest BCUT2D eigenvalue weighted by molar-refractivity contribution is -0.0248. The maximum absolute atomic E-state index is 13.2. The Morgan fingerprint density at radius 3 is 3.19 bits per heavy atom. The number of ether oxygens (including phenoxy) is 1. The average molecular weight is 245 g/mol. The Labute approximate surface area is 96.5 Å². The van der Waals surface area contributed by atoms with Crippen molar-refractivity contribution < 1.29 is 14.2 Å². The van der Waals surface area contributed by atoms with E-state index in [1.807, 2.05) is 0 Å². The molecule has 2 atom stereocenters. The third kappa shape index (κ3) is 2.06. The molecule has 16 heavy (non-hydrogen) atoms. The van der Waals surface area contributed by atoms with Crippen molar-refractivity contribution in [1.82, 2.24) is 4.90 Å². The predicted octanol–water partition coefficient (Wildman–Crippen LogP) is 0.349. The largest absolute Gasteiger partial charge is 0.393 e. The van der Waals surface area contributed by atoms with Crippen LogP contribution in [-0.4, -0.2) is 39.9 Å². The molecule has 3 N–H and O–H groups in total. The number of aliphatic hydroxyl groups is 1. The van der Waals surface area contributed by atoms with E-state index in [1.54, 1.807) is 0 Å². The van der Waals surface area contributed by atoms with Gasteiger partial charge in [0.05, 0.1) is 6.61 Å². The van der Waals surface area contributed by atoms with E-state index < -0.39 is 5.83 Å². The van der Waals surface area contributed by atoms with E-state index in [9.17, 15) is 4.39 Å². The highest BCUT2D eigenvalue weighted by atomic mass is 32.2. The van der Waals surface area contributed by atoms with Crippen LogP contribution in [0.2, 0.25) is 0 Å². The van der Waals surface area contributed by atoms with Crippen LogP contribution < -0.4 is 5.73 Å². The van der Waals surface area contributed by atoms with E-state index in [2.05, 4.69) is 11.6 Å². The second kappa shape index (κ2) is 4.44. The highest BCUT2D eigenvalue weighted by Crippen LogP contribution is 2.30. The summed E-state index contributed by atoms with van der Waals surface area (Å²) in [5, 5.41) is 8.92. The molecule has 2 aliphatic heterocycles. The summed E-state index contributed by atoms with van der Waals surface area (Å²) in [5.41, 5.74) is 5.04. The monoisotopic (exact) mass is 245 g/mol. The third-order valence-electron chi connectivity index (χ3n) is 2.24. The molecule has 2 heterocycles. The Kier molecular flexibility index (Phi) is 3.17. The van der Waals surface area contributed by atoms with Crippen molar-refractivity contribution in [2.75, 3.05) is 12.4 Å². The third-order valence-corrected chi connectivity index (χ3v) is 3.35. The van der Waals surface area contributed by atoms with Crippen LogP contribution in [0.15, 0.2) is 29.4 Å². The van der Waals surface area contributed by atoms with Gasteiger partial charge in [-0.05, 0) is 0 Å². The molecular formula is C9H12FN3O2S. The van der Waals surface area contributed by atoms with Gasteiger partial charge < -0.3 is 20.5 Å². The summed E-state index contributed by atoms with van der Waals surface area (Å²) >= 11 is 1.46. The first-order chi connectivity index (χ1) is 7.61. The molecule has 1 fully saturated rings. The fourth-order valence-electron chi connectivity index (χ4n) is 1.45. The van der Waals surface area contributed by atoms with Gasteiger partial charge in [0.1, 0.15) is 17.5 Å². The number of hydrogen-bond acceptors (Lipinski definition) is 6. The molecule has 0 amide bonds. The van der Waals surface area contributed by atoms with Gasteiger partial charge >= 0.3 is 0 Å². The topological polar surface area (TPSA) is 71.1 Å². The molecule has 1 saturated heterocycles. The zero-order valence-electron chi connectivity index (χ0n) is 8.47. The summed E-state index contributed by atoms with van der Waals surface area (Å²) in [6.07, 6.45) is 0.854. The number of amidine groups is 1. The first-order valence-electron chi connectivity index (χ1n) is 4.69. The van der Waals surface area contributed by atoms with Crippen molar-refractivity contribution >= 4 is 17.6 Å². The lowest BCUT2D eigenvalue weighted by Gasteiger charge is -2.28. The quantitative estimate of drug-likeness (QED) is 0.734. The molecule has 0 spiro atoms. The molecule has 0 unspecified atom stereocenters. The van der Waals surface area contributed by atoms with Crippen LogP contribution in [0.3, 0.4) is 0 Å². The molecular weight excluding hydrogens is 233 g/mol. The summed E-state index contributed by atoms with van der Waals surface area (Å²) in [5.74, 6) is 0.172. The maximum atomic E-state index is 13.2. The summed E-state index contributed by atoms with van der Waals surface area (Å²) in [6.45, 7) is 3.60. The maximum Gasteiger partial charge on any atom is 0.181 e. The molecule has 7 heteroatoms. The fraction of sp³-hybridized carbons (Fsp3) is 0.444. The van der Waals surface area contributed by atoms with E-state index in [1.165, 1.54) is 22.9 Å². The number of rotatable bonds is 2. The number of halogens is 1. The second-order valence-corrected chi connectivity index (χ2v) is 4.53. The Bertz CT molecular complexity index is 372. The first-order valence-corrected chi connectivity index (χ1v) is 5.73. The van der Waals surface area contributed by atoms with Gasteiger partial charge in [-0.1, -0.05) is 6.58 Å². The zero-order chi connectivity index (χ0) is 11.7. The lowest BCUT2D eigenvalue weighted by atomic mass is 10.4. The van der Waals surface area contributed by atoms with Crippen LogP contribution in [-0.2, 0) is 4.74 Å². The highest BCUT2D eigenvalue weighted by molar-refractivity contribution is 8.00. The molecule has 88 valence electrons. The van der Waals surface area contributed by atoms with Crippen molar-refractivity contribution in [2.45, 2.75) is 11.7 Å². The van der Waals surface area contributed by atoms with Crippen LogP contribution in [0.5, 0.6) is 0 Å². The molecule has 0 aromatic heterocycles. The van der Waals surface area contributed by atoms with Gasteiger partial charge in [0.15, 0.2) is 11.7 Å². The summed E-state index contributed by atoms with van der Waals surface area (Å²) in [7, 11) is 0. The normalized spacial score (nSPS) is 30.4. The van der Waals surface area contributed by atoms with E-state index in [4.69, 9.17) is 15.6 Å². The molecule has 0 radical (unpaired) electrons. The summed E-state index contributed by atoms with van der Waals surface area (Å²) < 4.78 is 18.7. The van der Waals surface area contributed by atoms with Crippen molar-refractivity contribution in [1.29, 1.82) is 0 Å². The highest BCUT2D eigenvalue weighted by Gasteiger charge is 2.32. The Morgan fingerprint density at radius 1 is 1.81 bits per heavy atom. The van der Waals surface area contributed by atoms with Crippen LogP contribution in [0.1, 0.15) is 0 Å². The van der Waals surface area contributed by atoms with Gasteiger partial charge in [0.2, 0.25) is 0 Å². The van der Waals surface area contributed by atoms with Crippen molar-refractivity contribution in [3.63, 3.8) is 0 Å². The van der Waals surface area contributed by atoms with Gasteiger partial charge in [0, 0.05) is 12.0 Å². The van der Waals surface area contributed by atoms with Gasteiger partial charge in [-0.25, -0.2) is 9.38 Å². The van der Waals surface area contributed by atoms with E-state index in [-0.39, 0.29) is 24.1 Å². The SMILES string of the molecule is C=C1N=C(N)C(F)=CN1[C@@H]1CS[C@H](CO)O1. The Balaban J connectivity index is 2.09.